The summed E-state index contributed by atoms with van der Waals surface area (Å²) >= 11 is 0. The third kappa shape index (κ3) is 2.16. The van der Waals surface area contributed by atoms with Gasteiger partial charge in [-0.15, -0.1) is 0 Å². The number of fused-ring (bicyclic) bond motifs is 1. The van der Waals surface area contributed by atoms with E-state index in [2.05, 4.69) is 10.2 Å². The second-order valence-corrected chi connectivity index (χ2v) is 4.68. The predicted molar refractivity (Wildman–Crippen MR) is 57.8 cm³/mol. The lowest BCUT2D eigenvalue weighted by atomic mass is 9.94. The van der Waals surface area contributed by atoms with Gasteiger partial charge in [0.05, 0.1) is 0 Å². The van der Waals surface area contributed by atoms with Gasteiger partial charge in [-0.1, -0.05) is 6.92 Å². The van der Waals surface area contributed by atoms with Gasteiger partial charge in [0.2, 0.25) is 0 Å². The number of nitrogens with one attached hydrogen (secondary N) is 1. The molecule has 2 aliphatic heterocycles. The molecule has 3 atom stereocenters. The van der Waals surface area contributed by atoms with Crippen molar-refractivity contribution in [2.24, 2.45) is 5.92 Å². The molecule has 86 valence electrons. The Morgan fingerprint density at radius 2 is 2.40 bits per heavy atom. The summed E-state index contributed by atoms with van der Waals surface area (Å²) in [5.74, 6) is 0.00305. The maximum absolute atomic E-state index is 11.1. The Bertz CT molecular complexity index is 231. The van der Waals surface area contributed by atoms with Crippen molar-refractivity contribution < 1.29 is 9.90 Å². The zero-order chi connectivity index (χ0) is 10.8. The Morgan fingerprint density at radius 1 is 1.60 bits per heavy atom. The molecule has 2 N–H and O–H groups in total. The van der Waals surface area contributed by atoms with Crippen molar-refractivity contribution in [1.82, 2.24) is 10.2 Å². The highest BCUT2D eigenvalue weighted by Gasteiger charge is 2.38. The molecule has 3 unspecified atom stereocenters. The molecule has 2 fully saturated rings. The molecule has 0 aromatic heterocycles. The molecule has 0 amide bonds. The summed E-state index contributed by atoms with van der Waals surface area (Å²) in [5, 5.41) is 12.6. The van der Waals surface area contributed by atoms with Gasteiger partial charge in [-0.2, -0.15) is 0 Å². The van der Waals surface area contributed by atoms with Gasteiger partial charge >= 0.3 is 5.97 Å². The first-order chi connectivity index (χ1) is 7.22. The number of aliphatic carboxylic acids is 1. The third-order valence-corrected chi connectivity index (χ3v) is 3.74. The van der Waals surface area contributed by atoms with E-state index in [1.165, 1.54) is 12.8 Å². The molecule has 0 spiro atoms. The molecule has 2 aliphatic rings. The fourth-order valence-electron chi connectivity index (χ4n) is 2.92. The van der Waals surface area contributed by atoms with Crippen molar-refractivity contribution in [2.45, 2.75) is 38.3 Å². The molecule has 2 heterocycles. The number of hydrogen-bond acceptors (Lipinski definition) is 3. The van der Waals surface area contributed by atoms with Gasteiger partial charge in [0.15, 0.2) is 0 Å². The van der Waals surface area contributed by atoms with Crippen LogP contribution in [0.5, 0.6) is 0 Å². The van der Waals surface area contributed by atoms with E-state index in [-0.39, 0.29) is 6.04 Å². The minimum Gasteiger partial charge on any atom is -0.480 e. The van der Waals surface area contributed by atoms with E-state index >= 15 is 0 Å². The number of carboxylic acid groups (broad SMARTS) is 1. The Balaban J connectivity index is 1.98. The van der Waals surface area contributed by atoms with E-state index < -0.39 is 5.97 Å². The number of carbonyl (C=O) groups is 1. The number of piperidine rings is 1. The van der Waals surface area contributed by atoms with Crippen LogP contribution in [0.2, 0.25) is 0 Å². The molecule has 0 aliphatic carbocycles. The van der Waals surface area contributed by atoms with Crippen LogP contribution in [0.3, 0.4) is 0 Å². The maximum Gasteiger partial charge on any atom is 0.320 e. The number of likely N-dealkylation sites (tertiary alicyclic amines) is 1. The standard InChI is InChI=1S/C11H20N2O2/c1-2-10(11(14)15)13-6-8-4-3-5-12-9(8)7-13/h8-10,12H,2-7H2,1H3,(H,14,15). The number of nitrogens with zero attached hydrogens (tertiary/aromatic N) is 1. The van der Waals surface area contributed by atoms with Gasteiger partial charge in [-0.05, 0) is 31.7 Å². The molecule has 0 bridgehead atoms. The highest BCUT2D eigenvalue weighted by Crippen LogP contribution is 2.26. The van der Waals surface area contributed by atoms with Crippen LogP contribution in [0, 0.1) is 5.92 Å². The maximum atomic E-state index is 11.1. The fourth-order valence-corrected chi connectivity index (χ4v) is 2.92. The average molecular weight is 212 g/mol. The first-order valence-corrected chi connectivity index (χ1v) is 5.92. The monoisotopic (exact) mass is 212 g/mol. The van der Waals surface area contributed by atoms with Gasteiger partial charge in [-0.3, -0.25) is 9.69 Å². The summed E-state index contributed by atoms with van der Waals surface area (Å²) in [7, 11) is 0. The Labute approximate surface area is 90.6 Å². The van der Waals surface area contributed by atoms with Gasteiger partial charge in [0.1, 0.15) is 6.04 Å². The van der Waals surface area contributed by atoms with Crippen LogP contribution in [-0.4, -0.2) is 47.7 Å². The predicted octanol–water partition coefficient (Wildman–Crippen LogP) is 0.533. The van der Waals surface area contributed by atoms with E-state index in [1.807, 2.05) is 6.92 Å². The van der Waals surface area contributed by atoms with Gasteiger partial charge < -0.3 is 10.4 Å². The Morgan fingerprint density at radius 3 is 3.00 bits per heavy atom. The topological polar surface area (TPSA) is 52.6 Å². The summed E-state index contributed by atoms with van der Waals surface area (Å²) in [4.78, 5) is 13.2. The van der Waals surface area contributed by atoms with Crippen molar-refractivity contribution in [3.8, 4) is 0 Å². The molecule has 4 nitrogen and oxygen atoms in total. The SMILES string of the molecule is CCC(C(=O)O)N1CC2CCCNC2C1. The zero-order valence-electron chi connectivity index (χ0n) is 9.28. The van der Waals surface area contributed by atoms with Crippen molar-refractivity contribution >= 4 is 5.97 Å². The van der Waals surface area contributed by atoms with Crippen molar-refractivity contribution in [3.05, 3.63) is 0 Å². The van der Waals surface area contributed by atoms with E-state index in [1.54, 1.807) is 0 Å². The van der Waals surface area contributed by atoms with Crippen LogP contribution in [0.4, 0.5) is 0 Å². The van der Waals surface area contributed by atoms with Gasteiger partial charge in [0, 0.05) is 19.1 Å². The van der Waals surface area contributed by atoms with Gasteiger partial charge in [0.25, 0.3) is 0 Å². The minimum absolute atomic E-state index is 0.280. The lowest BCUT2D eigenvalue weighted by molar-refractivity contribution is -0.143. The molecule has 2 rings (SSSR count). The number of hydrogen-bond donors (Lipinski definition) is 2. The molecule has 2 saturated heterocycles. The molecular weight excluding hydrogens is 192 g/mol. The van der Waals surface area contributed by atoms with E-state index in [4.69, 9.17) is 5.11 Å². The average Bonchev–Trinajstić information content (AvgIpc) is 2.61. The van der Waals surface area contributed by atoms with Gasteiger partial charge in [-0.25, -0.2) is 0 Å². The molecule has 4 heteroatoms. The van der Waals surface area contributed by atoms with Crippen LogP contribution < -0.4 is 5.32 Å². The summed E-state index contributed by atoms with van der Waals surface area (Å²) < 4.78 is 0. The normalized spacial score (nSPS) is 33.7. The number of rotatable bonds is 3. The van der Waals surface area contributed by atoms with E-state index in [9.17, 15) is 4.79 Å². The minimum atomic E-state index is -0.670. The quantitative estimate of drug-likeness (QED) is 0.716. The second-order valence-electron chi connectivity index (χ2n) is 4.68. The van der Waals surface area contributed by atoms with E-state index in [0.29, 0.717) is 18.4 Å². The first kappa shape index (κ1) is 10.9. The van der Waals surface area contributed by atoms with Crippen molar-refractivity contribution in [2.75, 3.05) is 19.6 Å². The summed E-state index contributed by atoms with van der Waals surface area (Å²) in [6.07, 6.45) is 3.19. The highest BCUT2D eigenvalue weighted by molar-refractivity contribution is 5.73. The third-order valence-electron chi connectivity index (χ3n) is 3.74. The molecule has 0 aromatic carbocycles. The van der Waals surface area contributed by atoms with Crippen LogP contribution in [0.1, 0.15) is 26.2 Å². The number of carboxylic acids is 1. The molecule has 0 radical (unpaired) electrons. The summed E-state index contributed by atoms with van der Waals surface area (Å²) in [6.45, 7) is 4.92. The van der Waals surface area contributed by atoms with E-state index in [0.717, 1.165) is 19.6 Å². The van der Waals surface area contributed by atoms with Crippen LogP contribution >= 0.6 is 0 Å². The Hall–Kier alpha value is -0.610. The largest absolute Gasteiger partial charge is 0.480 e. The summed E-state index contributed by atoms with van der Waals surface area (Å²) in [5.41, 5.74) is 0. The fraction of sp³-hybridized carbons (Fsp3) is 0.909. The lowest BCUT2D eigenvalue weighted by Gasteiger charge is -2.24. The first-order valence-electron chi connectivity index (χ1n) is 5.92. The molecular formula is C11H20N2O2. The van der Waals surface area contributed by atoms with Crippen LogP contribution in [0.25, 0.3) is 0 Å². The van der Waals surface area contributed by atoms with Crippen molar-refractivity contribution in [1.29, 1.82) is 0 Å². The molecule has 15 heavy (non-hydrogen) atoms. The zero-order valence-corrected chi connectivity index (χ0v) is 9.28. The van der Waals surface area contributed by atoms with Crippen molar-refractivity contribution in [3.63, 3.8) is 0 Å². The molecule has 0 aromatic rings. The second kappa shape index (κ2) is 4.49. The smallest absolute Gasteiger partial charge is 0.320 e. The van der Waals surface area contributed by atoms with Crippen LogP contribution in [0.15, 0.2) is 0 Å². The summed E-state index contributed by atoms with van der Waals surface area (Å²) in [6, 6.07) is 0.254. The van der Waals surface area contributed by atoms with Crippen LogP contribution in [-0.2, 0) is 4.79 Å². The lowest BCUT2D eigenvalue weighted by Crippen LogP contribution is -2.42. The molecule has 0 saturated carbocycles. The highest BCUT2D eigenvalue weighted by atomic mass is 16.4. The Kier molecular flexibility index (Phi) is 3.26.